The summed E-state index contributed by atoms with van der Waals surface area (Å²) in [4.78, 5) is 12.0. The van der Waals surface area contributed by atoms with Crippen molar-refractivity contribution in [3.8, 4) is 0 Å². The van der Waals surface area contributed by atoms with Crippen molar-refractivity contribution in [3.63, 3.8) is 0 Å². The molecule has 0 aliphatic carbocycles. The minimum absolute atomic E-state index is 0.0364. The molecule has 0 saturated heterocycles. The molecule has 17 heavy (non-hydrogen) atoms. The van der Waals surface area contributed by atoms with Gasteiger partial charge in [0.1, 0.15) is 0 Å². The Labute approximate surface area is 105 Å². The molecule has 2 aromatic rings. The van der Waals surface area contributed by atoms with Gasteiger partial charge in [0.25, 0.3) is 0 Å². The topological polar surface area (TPSA) is 34.9 Å². The number of nitrogens with zero attached hydrogens (tertiary/aromatic N) is 2. The number of rotatable bonds is 3. The largest absolute Gasteiger partial charge is 0.294 e. The highest BCUT2D eigenvalue weighted by Crippen LogP contribution is 2.16. The van der Waals surface area contributed by atoms with E-state index in [1.54, 1.807) is 10.7 Å². The lowest BCUT2D eigenvalue weighted by molar-refractivity contribution is 0.0991. The van der Waals surface area contributed by atoms with Crippen LogP contribution < -0.4 is 0 Å². The van der Waals surface area contributed by atoms with Gasteiger partial charge in [-0.1, -0.05) is 11.6 Å². The van der Waals surface area contributed by atoms with Crippen molar-refractivity contribution in [2.45, 2.75) is 13.3 Å². The Bertz CT molecular complexity index is 540. The van der Waals surface area contributed by atoms with Crippen LogP contribution in [0.25, 0.3) is 0 Å². The Hall–Kier alpha value is -1.61. The zero-order chi connectivity index (χ0) is 12.4. The number of carbonyl (C=O) groups excluding carboxylic acids is 1. The fourth-order valence-corrected chi connectivity index (χ4v) is 2.01. The molecule has 0 aliphatic heterocycles. The lowest BCUT2D eigenvalue weighted by Gasteiger charge is -2.02. The van der Waals surface area contributed by atoms with Crippen LogP contribution in [-0.2, 0) is 13.5 Å². The van der Waals surface area contributed by atoms with Gasteiger partial charge in [-0.05, 0) is 36.8 Å². The summed E-state index contributed by atoms with van der Waals surface area (Å²) in [5.41, 5.74) is 2.40. The van der Waals surface area contributed by atoms with Gasteiger partial charge in [0.05, 0.1) is 12.1 Å². The van der Waals surface area contributed by atoms with E-state index >= 15 is 0 Å². The molecule has 0 spiro atoms. The van der Waals surface area contributed by atoms with Crippen molar-refractivity contribution in [2.24, 2.45) is 7.05 Å². The maximum Gasteiger partial charge on any atom is 0.168 e. The van der Waals surface area contributed by atoms with Crippen LogP contribution in [0, 0.1) is 6.92 Å². The van der Waals surface area contributed by atoms with E-state index in [9.17, 15) is 4.79 Å². The van der Waals surface area contributed by atoms with Crippen molar-refractivity contribution in [3.05, 3.63) is 52.3 Å². The van der Waals surface area contributed by atoms with E-state index in [1.807, 2.05) is 38.4 Å². The Kier molecular flexibility index (Phi) is 3.29. The predicted molar refractivity (Wildman–Crippen MR) is 67.4 cm³/mol. The van der Waals surface area contributed by atoms with E-state index in [-0.39, 0.29) is 5.78 Å². The Morgan fingerprint density at radius 2 is 2.18 bits per heavy atom. The fourth-order valence-electron chi connectivity index (χ4n) is 1.72. The minimum atomic E-state index is 0.0364. The zero-order valence-corrected chi connectivity index (χ0v) is 10.5. The first-order valence-corrected chi connectivity index (χ1v) is 5.71. The molecule has 1 heterocycles. The van der Waals surface area contributed by atoms with Gasteiger partial charge in [0.2, 0.25) is 0 Å². The van der Waals surface area contributed by atoms with Crippen LogP contribution in [0.3, 0.4) is 0 Å². The molecule has 0 atom stereocenters. The van der Waals surface area contributed by atoms with Gasteiger partial charge < -0.3 is 0 Å². The SMILES string of the molecule is Cc1cc(Cl)cc(C(=O)Cc2ccn(C)n2)c1. The molecular weight excluding hydrogens is 236 g/mol. The van der Waals surface area contributed by atoms with Crippen LogP contribution in [0.15, 0.2) is 30.5 Å². The molecule has 0 fully saturated rings. The van der Waals surface area contributed by atoms with Crippen LogP contribution in [0.4, 0.5) is 0 Å². The summed E-state index contributed by atoms with van der Waals surface area (Å²) >= 11 is 5.93. The van der Waals surface area contributed by atoms with Gasteiger partial charge in [0, 0.05) is 23.8 Å². The van der Waals surface area contributed by atoms with Gasteiger partial charge in [-0.3, -0.25) is 9.48 Å². The number of hydrogen-bond donors (Lipinski definition) is 0. The molecule has 88 valence electrons. The number of ketones is 1. The second kappa shape index (κ2) is 4.72. The molecule has 0 bridgehead atoms. The number of hydrogen-bond acceptors (Lipinski definition) is 2. The van der Waals surface area contributed by atoms with Crippen LogP contribution >= 0.6 is 11.6 Å². The normalized spacial score (nSPS) is 10.5. The third kappa shape index (κ3) is 2.94. The third-order valence-electron chi connectivity index (χ3n) is 2.47. The number of Topliss-reactive ketones (excluding diaryl/α,β-unsaturated/α-hetero) is 1. The van der Waals surface area contributed by atoms with Crippen LogP contribution in [-0.4, -0.2) is 15.6 Å². The van der Waals surface area contributed by atoms with Crippen LogP contribution in [0.5, 0.6) is 0 Å². The third-order valence-corrected chi connectivity index (χ3v) is 2.69. The summed E-state index contributed by atoms with van der Waals surface area (Å²) in [7, 11) is 1.83. The molecule has 2 rings (SSSR count). The highest BCUT2D eigenvalue weighted by Gasteiger charge is 2.10. The predicted octanol–water partition coefficient (Wildman–Crippen LogP) is 2.81. The molecule has 0 saturated carbocycles. The number of aromatic nitrogens is 2. The summed E-state index contributed by atoms with van der Waals surface area (Å²) in [5, 5.41) is 4.78. The number of halogens is 1. The first-order chi connectivity index (χ1) is 8.04. The van der Waals surface area contributed by atoms with Crippen molar-refractivity contribution in [1.82, 2.24) is 9.78 Å². The van der Waals surface area contributed by atoms with Crippen molar-refractivity contribution in [2.75, 3.05) is 0 Å². The Morgan fingerprint density at radius 3 is 2.76 bits per heavy atom. The standard InChI is InChI=1S/C13H13ClN2O/c1-9-5-10(7-11(14)6-9)13(17)8-12-3-4-16(2)15-12/h3-7H,8H2,1-2H3. The van der Waals surface area contributed by atoms with Gasteiger partial charge in [-0.15, -0.1) is 0 Å². The highest BCUT2D eigenvalue weighted by molar-refractivity contribution is 6.31. The number of benzene rings is 1. The molecule has 0 aliphatic rings. The summed E-state index contributed by atoms with van der Waals surface area (Å²) in [6, 6.07) is 7.21. The van der Waals surface area contributed by atoms with Crippen molar-refractivity contribution < 1.29 is 4.79 Å². The smallest absolute Gasteiger partial charge is 0.168 e. The monoisotopic (exact) mass is 248 g/mol. The highest BCUT2D eigenvalue weighted by atomic mass is 35.5. The van der Waals surface area contributed by atoms with Crippen LogP contribution in [0.2, 0.25) is 5.02 Å². The van der Waals surface area contributed by atoms with Gasteiger partial charge >= 0.3 is 0 Å². The van der Waals surface area contributed by atoms with E-state index < -0.39 is 0 Å². The lowest BCUT2D eigenvalue weighted by Crippen LogP contribution is -2.05. The second-order valence-corrected chi connectivity index (χ2v) is 4.53. The summed E-state index contributed by atoms with van der Waals surface area (Å²) in [6.45, 7) is 1.92. The first-order valence-electron chi connectivity index (χ1n) is 5.33. The summed E-state index contributed by atoms with van der Waals surface area (Å²) < 4.78 is 1.69. The Balaban J connectivity index is 2.19. The van der Waals surface area contributed by atoms with Gasteiger partial charge in [-0.2, -0.15) is 5.10 Å². The second-order valence-electron chi connectivity index (χ2n) is 4.10. The Morgan fingerprint density at radius 1 is 1.41 bits per heavy atom. The summed E-state index contributed by atoms with van der Waals surface area (Å²) in [5.74, 6) is 0.0364. The molecule has 1 aromatic carbocycles. The van der Waals surface area contributed by atoms with Crippen molar-refractivity contribution >= 4 is 17.4 Å². The molecule has 4 heteroatoms. The molecule has 1 aromatic heterocycles. The van der Waals surface area contributed by atoms with E-state index in [0.29, 0.717) is 17.0 Å². The number of carbonyl (C=O) groups is 1. The van der Waals surface area contributed by atoms with E-state index in [1.165, 1.54) is 0 Å². The van der Waals surface area contributed by atoms with E-state index in [0.717, 1.165) is 11.3 Å². The molecule has 0 radical (unpaired) electrons. The average molecular weight is 249 g/mol. The van der Waals surface area contributed by atoms with Crippen molar-refractivity contribution in [1.29, 1.82) is 0 Å². The summed E-state index contributed by atoms with van der Waals surface area (Å²) in [6.07, 6.45) is 2.13. The maximum absolute atomic E-state index is 12.0. The molecule has 0 N–H and O–H groups in total. The van der Waals surface area contributed by atoms with Gasteiger partial charge in [-0.25, -0.2) is 0 Å². The van der Waals surface area contributed by atoms with E-state index in [2.05, 4.69) is 5.10 Å². The van der Waals surface area contributed by atoms with E-state index in [4.69, 9.17) is 11.6 Å². The lowest BCUT2D eigenvalue weighted by atomic mass is 10.0. The molecule has 0 unspecified atom stereocenters. The fraction of sp³-hybridized carbons (Fsp3) is 0.231. The minimum Gasteiger partial charge on any atom is -0.294 e. The maximum atomic E-state index is 12.0. The van der Waals surface area contributed by atoms with Gasteiger partial charge in [0.15, 0.2) is 5.78 Å². The quantitative estimate of drug-likeness (QED) is 0.783. The average Bonchev–Trinajstić information content (AvgIpc) is 2.62. The molecular formula is C13H13ClN2O. The molecule has 3 nitrogen and oxygen atoms in total. The number of aryl methyl sites for hydroxylation is 2. The van der Waals surface area contributed by atoms with Crippen LogP contribution in [0.1, 0.15) is 21.6 Å². The first kappa shape index (κ1) is 11.9. The zero-order valence-electron chi connectivity index (χ0n) is 9.77. The molecule has 0 amide bonds.